The SMILES string of the molecule is C[N-]N(NN)N(O)ON[N-]C1CO1. The summed E-state index contributed by atoms with van der Waals surface area (Å²) in [5.74, 6) is 4.95. The highest BCUT2D eigenvalue weighted by molar-refractivity contribution is 4.84. The van der Waals surface area contributed by atoms with Crippen LogP contribution >= 0.6 is 0 Å². The highest BCUT2D eigenvalue weighted by atomic mass is 17.0. The summed E-state index contributed by atoms with van der Waals surface area (Å²) in [4.78, 5) is 4.42. The molecule has 1 atom stereocenters. The molecule has 0 aromatic heterocycles. The third kappa shape index (κ3) is 3.88. The summed E-state index contributed by atoms with van der Waals surface area (Å²) in [6, 6.07) is 0. The third-order valence-corrected chi connectivity index (χ3v) is 1.10. The van der Waals surface area contributed by atoms with Gasteiger partial charge in [-0.25, -0.2) is 5.23 Å². The van der Waals surface area contributed by atoms with Gasteiger partial charge in [0.25, 0.3) is 0 Å². The van der Waals surface area contributed by atoms with Gasteiger partial charge in [-0.2, -0.15) is 10.5 Å². The van der Waals surface area contributed by atoms with Crippen LogP contribution in [0.3, 0.4) is 0 Å². The molecular weight excluding hydrogens is 182 g/mol. The summed E-state index contributed by atoms with van der Waals surface area (Å²) >= 11 is 0. The zero-order chi connectivity index (χ0) is 9.68. The smallest absolute Gasteiger partial charge is 0.0528 e. The Bertz CT molecular complexity index is 139. The average Bonchev–Trinajstić information content (AvgIpc) is 2.90. The van der Waals surface area contributed by atoms with E-state index >= 15 is 0 Å². The highest BCUT2D eigenvalue weighted by Gasteiger charge is 2.10. The van der Waals surface area contributed by atoms with Crippen LogP contribution in [-0.2, 0) is 9.68 Å². The Balaban J connectivity index is 2.03. The summed E-state index contributed by atoms with van der Waals surface area (Å²) in [6.45, 7) is 0.540. The molecule has 1 unspecified atom stereocenters. The van der Waals surface area contributed by atoms with Gasteiger partial charge in [-0.15, -0.1) is 7.05 Å². The lowest BCUT2D eigenvalue weighted by Crippen LogP contribution is -2.50. The van der Waals surface area contributed by atoms with Gasteiger partial charge in [-0.3, -0.25) is 16.6 Å². The first-order chi connectivity index (χ1) is 6.27. The average molecular weight is 193 g/mol. The Morgan fingerprint density at radius 3 is 2.92 bits per heavy atom. The number of nitrogens with zero attached hydrogens (tertiary/aromatic N) is 4. The maximum absolute atomic E-state index is 8.98. The second-order valence-corrected chi connectivity index (χ2v) is 1.97. The Hall–Kier alpha value is -0.400. The molecule has 0 aromatic carbocycles. The van der Waals surface area contributed by atoms with E-state index in [0.29, 0.717) is 6.61 Å². The molecule has 0 aliphatic carbocycles. The van der Waals surface area contributed by atoms with Crippen molar-refractivity contribution in [3.63, 3.8) is 0 Å². The summed E-state index contributed by atoms with van der Waals surface area (Å²) in [5, 5.41) is 9.91. The zero-order valence-electron chi connectivity index (χ0n) is 6.91. The van der Waals surface area contributed by atoms with E-state index in [0.717, 1.165) is 5.23 Å². The van der Waals surface area contributed by atoms with Crippen LogP contribution < -0.4 is 17.0 Å². The lowest BCUT2D eigenvalue weighted by Gasteiger charge is -2.37. The number of nitrogens with one attached hydrogen (secondary N) is 2. The van der Waals surface area contributed by atoms with E-state index in [9.17, 15) is 0 Å². The number of epoxide rings is 1. The van der Waals surface area contributed by atoms with Crippen LogP contribution in [0.4, 0.5) is 0 Å². The minimum Gasteiger partial charge on any atom is -0.562 e. The van der Waals surface area contributed by atoms with E-state index in [1.165, 1.54) is 7.05 Å². The van der Waals surface area contributed by atoms with Crippen molar-refractivity contribution in [1.82, 2.24) is 21.7 Å². The summed E-state index contributed by atoms with van der Waals surface area (Å²) < 4.78 is 4.72. The molecule has 10 heteroatoms. The maximum Gasteiger partial charge on any atom is 0.0528 e. The first-order valence-corrected chi connectivity index (χ1v) is 3.36. The van der Waals surface area contributed by atoms with Crippen molar-refractivity contribution in [2.75, 3.05) is 13.7 Å². The molecule has 0 spiro atoms. The fourth-order valence-corrected chi connectivity index (χ4v) is 0.459. The van der Waals surface area contributed by atoms with Crippen molar-refractivity contribution in [3.8, 4) is 0 Å². The molecule has 78 valence electrons. The molecule has 1 fully saturated rings. The van der Waals surface area contributed by atoms with Crippen LogP contribution in [-0.4, -0.2) is 35.7 Å². The highest BCUT2D eigenvalue weighted by Crippen LogP contribution is 2.13. The fourth-order valence-electron chi connectivity index (χ4n) is 0.459. The number of rotatable bonds is 7. The quantitative estimate of drug-likeness (QED) is 0.213. The van der Waals surface area contributed by atoms with Crippen LogP contribution in [0, 0.1) is 0 Å². The summed E-state index contributed by atoms with van der Waals surface area (Å²) in [7, 11) is 1.38. The van der Waals surface area contributed by atoms with Gasteiger partial charge in [0.05, 0.1) is 6.61 Å². The van der Waals surface area contributed by atoms with Crippen LogP contribution in [0.5, 0.6) is 0 Å². The molecule has 0 saturated carbocycles. The second-order valence-electron chi connectivity index (χ2n) is 1.97. The molecule has 1 saturated heterocycles. The Morgan fingerprint density at radius 2 is 2.46 bits per heavy atom. The molecule has 1 rings (SSSR count). The molecular formula is C3H11N7O3-2. The third-order valence-electron chi connectivity index (χ3n) is 1.10. The zero-order valence-corrected chi connectivity index (χ0v) is 6.91. The molecule has 0 bridgehead atoms. The number of nitrogens with two attached hydrogens (primary N) is 1. The molecule has 0 amide bonds. The fraction of sp³-hybridized carbons (Fsp3) is 1.00. The van der Waals surface area contributed by atoms with E-state index < -0.39 is 0 Å². The first-order valence-electron chi connectivity index (χ1n) is 3.36. The Labute approximate surface area is 74.3 Å². The van der Waals surface area contributed by atoms with Crippen molar-refractivity contribution >= 4 is 0 Å². The predicted octanol–water partition coefficient (Wildman–Crippen LogP) is -1.73. The normalized spacial score (nSPS) is 21.5. The van der Waals surface area contributed by atoms with Crippen molar-refractivity contribution in [2.45, 2.75) is 6.23 Å². The van der Waals surface area contributed by atoms with Gasteiger partial charge in [-0.1, -0.05) is 0 Å². The monoisotopic (exact) mass is 193 g/mol. The number of hydrazine groups is 3. The molecule has 0 radical (unpaired) electrons. The van der Waals surface area contributed by atoms with E-state index in [1.807, 2.05) is 5.53 Å². The first kappa shape index (κ1) is 10.7. The number of ether oxygens (including phenoxy) is 1. The van der Waals surface area contributed by atoms with Gasteiger partial charge in [0.15, 0.2) is 0 Å². The topological polar surface area (TPSA) is 127 Å². The van der Waals surface area contributed by atoms with Crippen LogP contribution in [0.1, 0.15) is 0 Å². The van der Waals surface area contributed by atoms with E-state index in [2.05, 4.69) is 21.4 Å². The van der Waals surface area contributed by atoms with Crippen molar-refractivity contribution < 1.29 is 14.9 Å². The molecule has 0 aromatic rings. The van der Waals surface area contributed by atoms with Gasteiger partial charge in [0.1, 0.15) is 0 Å². The molecule has 13 heavy (non-hydrogen) atoms. The maximum atomic E-state index is 8.98. The molecule has 1 aliphatic heterocycles. The van der Waals surface area contributed by atoms with E-state index in [4.69, 9.17) is 15.8 Å². The molecule has 5 N–H and O–H groups in total. The lowest BCUT2D eigenvalue weighted by atomic mass is 10.8. The van der Waals surface area contributed by atoms with Crippen molar-refractivity contribution in [1.29, 1.82) is 0 Å². The van der Waals surface area contributed by atoms with Crippen LogP contribution in [0.25, 0.3) is 10.9 Å². The largest absolute Gasteiger partial charge is 0.562 e. The van der Waals surface area contributed by atoms with E-state index in [1.54, 1.807) is 0 Å². The van der Waals surface area contributed by atoms with Gasteiger partial charge in [0.2, 0.25) is 0 Å². The van der Waals surface area contributed by atoms with Gasteiger partial charge in [0, 0.05) is 11.6 Å². The minimum atomic E-state index is -0.216. The van der Waals surface area contributed by atoms with Gasteiger partial charge in [-0.05, 0) is 0 Å². The lowest BCUT2D eigenvalue weighted by molar-refractivity contribution is -0.462. The van der Waals surface area contributed by atoms with Crippen molar-refractivity contribution in [3.05, 3.63) is 10.9 Å². The minimum absolute atomic E-state index is 0.214. The number of hydrogen-bond acceptors (Lipinski definition) is 8. The van der Waals surface area contributed by atoms with Crippen LogP contribution in [0.2, 0.25) is 0 Å². The number of hydrogen-bond donors (Lipinski definition) is 4. The Kier molecular flexibility index (Phi) is 4.40. The van der Waals surface area contributed by atoms with Gasteiger partial charge < -0.3 is 15.6 Å². The van der Waals surface area contributed by atoms with Crippen molar-refractivity contribution in [2.24, 2.45) is 5.84 Å². The summed E-state index contributed by atoms with van der Waals surface area (Å²) in [6.07, 6.45) is -0.216. The predicted molar refractivity (Wildman–Crippen MR) is 39.4 cm³/mol. The Morgan fingerprint density at radius 1 is 1.77 bits per heavy atom. The molecule has 1 aliphatic rings. The molecule has 10 nitrogen and oxygen atoms in total. The molecule has 1 heterocycles. The standard InChI is InChI=1S/C3H11N7O3/c1-5-9(7-4)10(11)13-8-6-3-2-12-3/h3,7-8,11H,2,4H2,1H3/q-2. The van der Waals surface area contributed by atoms with Crippen LogP contribution in [0.15, 0.2) is 0 Å². The van der Waals surface area contributed by atoms with Gasteiger partial charge >= 0.3 is 0 Å². The second kappa shape index (κ2) is 5.36. The van der Waals surface area contributed by atoms with E-state index in [-0.39, 0.29) is 11.6 Å². The summed E-state index contributed by atoms with van der Waals surface area (Å²) in [5.41, 5.74) is 11.1.